The van der Waals surface area contributed by atoms with Crippen LogP contribution in [0.3, 0.4) is 0 Å². The number of tetrazole rings is 1. The third-order valence-electron chi connectivity index (χ3n) is 3.05. The lowest BCUT2D eigenvalue weighted by atomic mass is 10.1. The van der Waals surface area contributed by atoms with Crippen molar-refractivity contribution in [3.8, 4) is 11.4 Å². The van der Waals surface area contributed by atoms with E-state index in [0.29, 0.717) is 23.0 Å². The number of nitrogens with zero attached hydrogens (tertiary/aromatic N) is 3. The van der Waals surface area contributed by atoms with E-state index in [-0.39, 0.29) is 5.91 Å². The van der Waals surface area contributed by atoms with Crippen LogP contribution in [0.15, 0.2) is 48.5 Å². The molecule has 0 saturated heterocycles. The highest BCUT2D eigenvalue weighted by atomic mass is 35.5. The smallest absolute Gasteiger partial charge is 0.228 e. The molecule has 6 nitrogen and oxygen atoms in total. The molecule has 2 N–H and O–H groups in total. The van der Waals surface area contributed by atoms with Crippen LogP contribution in [0.25, 0.3) is 11.4 Å². The molecule has 3 aromatic rings. The summed E-state index contributed by atoms with van der Waals surface area (Å²) in [4.78, 5) is 12.0. The molecule has 0 atom stereocenters. The van der Waals surface area contributed by atoms with Gasteiger partial charge in [0, 0.05) is 16.3 Å². The van der Waals surface area contributed by atoms with Crippen LogP contribution in [0.5, 0.6) is 0 Å². The van der Waals surface area contributed by atoms with E-state index in [0.717, 1.165) is 11.1 Å². The Hall–Kier alpha value is -2.73. The SMILES string of the molecule is O=C(Cc1ccc(Cl)cc1)Nc1ccc(-c2nn[nH]n2)cc1. The molecule has 7 heteroatoms. The Morgan fingerprint density at radius 1 is 1.09 bits per heavy atom. The quantitative estimate of drug-likeness (QED) is 0.775. The van der Waals surface area contributed by atoms with Crippen LogP contribution in [0.2, 0.25) is 5.02 Å². The number of H-pyrrole nitrogens is 1. The van der Waals surface area contributed by atoms with Crippen LogP contribution in [0, 0.1) is 0 Å². The fourth-order valence-electron chi connectivity index (χ4n) is 1.98. The van der Waals surface area contributed by atoms with Gasteiger partial charge in [-0.25, -0.2) is 0 Å². The summed E-state index contributed by atoms with van der Waals surface area (Å²) in [5.74, 6) is 0.425. The van der Waals surface area contributed by atoms with Crippen LogP contribution in [0.4, 0.5) is 5.69 Å². The van der Waals surface area contributed by atoms with Crippen molar-refractivity contribution in [3.05, 3.63) is 59.1 Å². The number of anilines is 1. The zero-order valence-electron chi connectivity index (χ0n) is 11.5. The van der Waals surface area contributed by atoms with Gasteiger partial charge in [-0.2, -0.15) is 5.21 Å². The topological polar surface area (TPSA) is 83.6 Å². The number of hydrogen-bond donors (Lipinski definition) is 2. The Labute approximate surface area is 131 Å². The van der Waals surface area contributed by atoms with Gasteiger partial charge in [0.15, 0.2) is 0 Å². The zero-order valence-corrected chi connectivity index (χ0v) is 12.2. The maximum Gasteiger partial charge on any atom is 0.228 e. The van der Waals surface area contributed by atoms with Gasteiger partial charge in [-0.1, -0.05) is 23.7 Å². The zero-order chi connectivity index (χ0) is 15.4. The number of carbonyl (C=O) groups excluding carboxylic acids is 1. The number of amides is 1. The fraction of sp³-hybridized carbons (Fsp3) is 0.0667. The third kappa shape index (κ3) is 3.48. The summed E-state index contributed by atoms with van der Waals surface area (Å²) >= 11 is 5.82. The monoisotopic (exact) mass is 313 g/mol. The van der Waals surface area contributed by atoms with Crippen molar-refractivity contribution in [1.29, 1.82) is 0 Å². The van der Waals surface area contributed by atoms with E-state index in [4.69, 9.17) is 11.6 Å². The molecule has 1 amide bonds. The lowest BCUT2D eigenvalue weighted by Gasteiger charge is -2.06. The van der Waals surface area contributed by atoms with Gasteiger partial charge in [0.1, 0.15) is 0 Å². The van der Waals surface area contributed by atoms with Gasteiger partial charge in [-0.3, -0.25) is 4.79 Å². The van der Waals surface area contributed by atoms with E-state index in [2.05, 4.69) is 25.9 Å². The first-order chi connectivity index (χ1) is 10.7. The van der Waals surface area contributed by atoms with Crippen molar-refractivity contribution >= 4 is 23.2 Å². The van der Waals surface area contributed by atoms with E-state index >= 15 is 0 Å². The van der Waals surface area contributed by atoms with E-state index in [1.54, 1.807) is 24.3 Å². The summed E-state index contributed by atoms with van der Waals surface area (Å²) in [6, 6.07) is 14.4. The summed E-state index contributed by atoms with van der Waals surface area (Å²) in [5, 5.41) is 17.2. The number of hydrogen-bond acceptors (Lipinski definition) is 4. The van der Waals surface area contributed by atoms with E-state index in [1.807, 2.05) is 24.3 Å². The summed E-state index contributed by atoms with van der Waals surface area (Å²) in [6.07, 6.45) is 0.295. The average molecular weight is 314 g/mol. The summed E-state index contributed by atoms with van der Waals surface area (Å²) in [5.41, 5.74) is 2.45. The predicted molar refractivity (Wildman–Crippen MR) is 83.4 cm³/mol. The summed E-state index contributed by atoms with van der Waals surface area (Å²) in [7, 11) is 0. The standard InChI is InChI=1S/C15H12ClN5O/c16-12-5-1-10(2-6-12)9-14(22)17-13-7-3-11(4-8-13)15-18-20-21-19-15/h1-8H,9H2,(H,17,22)(H,18,19,20,21). The number of carbonyl (C=O) groups is 1. The minimum atomic E-state index is -0.0883. The minimum absolute atomic E-state index is 0.0883. The fourth-order valence-corrected chi connectivity index (χ4v) is 2.11. The van der Waals surface area contributed by atoms with Gasteiger partial charge >= 0.3 is 0 Å². The molecule has 0 aliphatic rings. The summed E-state index contributed by atoms with van der Waals surface area (Å²) in [6.45, 7) is 0. The largest absolute Gasteiger partial charge is 0.326 e. The van der Waals surface area contributed by atoms with Gasteiger partial charge in [0.05, 0.1) is 6.42 Å². The molecule has 1 aromatic heterocycles. The highest BCUT2D eigenvalue weighted by Crippen LogP contribution is 2.17. The van der Waals surface area contributed by atoms with Crippen LogP contribution in [0.1, 0.15) is 5.56 Å². The highest BCUT2D eigenvalue weighted by Gasteiger charge is 2.06. The number of nitrogens with one attached hydrogen (secondary N) is 2. The Morgan fingerprint density at radius 3 is 2.45 bits per heavy atom. The highest BCUT2D eigenvalue weighted by molar-refractivity contribution is 6.30. The first-order valence-electron chi connectivity index (χ1n) is 6.59. The Morgan fingerprint density at radius 2 is 1.82 bits per heavy atom. The van der Waals surface area contributed by atoms with Gasteiger partial charge in [0.25, 0.3) is 0 Å². The van der Waals surface area contributed by atoms with Gasteiger partial charge in [0.2, 0.25) is 11.7 Å². The second kappa shape index (κ2) is 6.36. The first kappa shape index (κ1) is 14.2. The van der Waals surface area contributed by atoms with E-state index < -0.39 is 0 Å². The molecule has 0 radical (unpaired) electrons. The molecule has 22 heavy (non-hydrogen) atoms. The van der Waals surface area contributed by atoms with Crippen LogP contribution < -0.4 is 5.32 Å². The molecule has 0 saturated carbocycles. The molecule has 0 unspecified atom stereocenters. The minimum Gasteiger partial charge on any atom is -0.326 e. The number of aromatic amines is 1. The average Bonchev–Trinajstić information content (AvgIpc) is 3.05. The number of benzene rings is 2. The molecule has 0 spiro atoms. The van der Waals surface area contributed by atoms with E-state index in [1.165, 1.54) is 0 Å². The lowest BCUT2D eigenvalue weighted by Crippen LogP contribution is -2.14. The van der Waals surface area contributed by atoms with Gasteiger partial charge < -0.3 is 5.32 Å². The molecular formula is C15H12ClN5O. The molecule has 2 aromatic carbocycles. The van der Waals surface area contributed by atoms with Gasteiger partial charge in [-0.05, 0) is 47.2 Å². The van der Waals surface area contributed by atoms with Crippen molar-refractivity contribution in [2.24, 2.45) is 0 Å². The second-order valence-corrected chi connectivity index (χ2v) is 5.10. The molecule has 0 aliphatic carbocycles. The van der Waals surface area contributed by atoms with Crippen molar-refractivity contribution in [1.82, 2.24) is 20.6 Å². The predicted octanol–water partition coefficient (Wildman–Crippen LogP) is 2.70. The maximum absolute atomic E-state index is 12.0. The first-order valence-corrected chi connectivity index (χ1v) is 6.97. The number of halogens is 1. The molecule has 0 aliphatic heterocycles. The Kier molecular flexibility index (Phi) is 4.11. The van der Waals surface area contributed by atoms with Crippen molar-refractivity contribution in [2.75, 3.05) is 5.32 Å². The third-order valence-corrected chi connectivity index (χ3v) is 3.30. The normalized spacial score (nSPS) is 10.4. The molecule has 1 heterocycles. The van der Waals surface area contributed by atoms with Crippen molar-refractivity contribution in [2.45, 2.75) is 6.42 Å². The Bertz CT molecular complexity index is 754. The molecule has 3 rings (SSSR count). The van der Waals surface area contributed by atoms with Crippen LogP contribution in [-0.2, 0) is 11.2 Å². The molecule has 0 bridgehead atoms. The van der Waals surface area contributed by atoms with Crippen molar-refractivity contribution in [3.63, 3.8) is 0 Å². The number of aromatic nitrogens is 4. The van der Waals surface area contributed by atoms with Gasteiger partial charge in [-0.15, -0.1) is 10.2 Å². The lowest BCUT2D eigenvalue weighted by molar-refractivity contribution is -0.115. The maximum atomic E-state index is 12.0. The molecular weight excluding hydrogens is 302 g/mol. The van der Waals surface area contributed by atoms with Crippen LogP contribution in [-0.4, -0.2) is 26.5 Å². The summed E-state index contributed by atoms with van der Waals surface area (Å²) < 4.78 is 0. The molecule has 0 fully saturated rings. The van der Waals surface area contributed by atoms with Crippen LogP contribution >= 0.6 is 11.6 Å². The number of rotatable bonds is 4. The second-order valence-electron chi connectivity index (χ2n) is 4.66. The van der Waals surface area contributed by atoms with E-state index in [9.17, 15) is 4.79 Å². The molecule has 110 valence electrons. The Balaban J connectivity index is 1.63. The van der Waals surface area contributed by atoms with Crippen molar-refractivity contribution < 1.29 is 4.79 Å².